The molecule has 1 saturated carbocycles. The highest BCUT2D eigenvalue weighted by molar-refractivity contribution is 7.90. The first-order valence-corrected chi connectivity index (χ1v) is 14.9. The van der Waals surface area contributed by atoms with E-state index < -0.39 is 39.3 Å². The van der Waals surface area contributed by atoms with E-state index in [1.165, 1.54) is 35.2 Å². The first-order chi connectivity index (χ1) is 18.0. The van der Waals surface area contributed by atoms with Gasteiger partial charge in [0, 0.05) is 35.5 Å². The number of nitrogens with zero attached hydrogens (tertiary/aromatic N) is 1. The Balaban J connectivity index is 1.52. The van der Waals surface area contributed by atoms with Gasteiger partial charge >= 0.3 is 0 Å². The van der Waals surface area contributed by atoms with Gasteiger partial charge in [-0.1, -0.05) is 17.7 Å². The van der Waals surface area contributed by atoms with E-state index in [1.807, 2.05) is 0 Å². The van der Waals surface area contributed by atoms with E-state index in [2.05, 4.69) is 0 Å². The van der Waals surface area contributed by atoms with Crippen LogP contribution in [0.4, 0.5) is 4.39 Å². The summed E-state index contributed by atoms with van der Waals surface area (Å²) in [7, 11) is -3.68. The molecule has 2 fully saturated rings. The van der Waals surface area contributed by atoms with Gasteiger partial charge in [0.05, 0.1) is 36.3 Å². The second-order valence-electron chi connectivity index (χ2n) is 10.6. The quantitative estimate of drug-likeness (QED) is 0.474. The summed E-state index contributed by atoms with van der Waals surface area (Å²) in [6.45, 7) is 0.876. The number of fused-ring (bicyclic) bond motifs is 1. The number of halogens is 2. The van der Waals surface area contributed by atoms with Crippen molar-refractivity contribution >= 4 is 27.3 Å². The van der Waals surface area contributed by atoms with Gasteiger partial charge in [-0.25, -0.2) is 12.8 Å². The summed E-state index contributed by atoms with van der Waals surface area (Å²) in [5.41, 5.74) is 0.310. The van der Waals surface area contributed by atoms with Crippen LogP contribution in [0.5, 0.6) is 0 Å². The Morgan fingerprint density at radius 3 is 2.58 bits per heavy atom. The van der Waals surface area contributed by atoms with E-state index in [4.69, 9.17) is 21.1 Å². The molecule has 2 N–H and O–H groups in total. The number of amides is 1. The molecule has 3 aliphatic rings. The number of sulfone groups is 1. The monoisotopic (exact) mass is 567 g/mol. The Morgan fingerprint density at radius 1 is 1.24 bits per heavy atom. The molecule has 38 heavy (non-hydrogen) atoms. The number of hydrogen-bond donors (Lipinski definition) is 2. The lowest BCUT2D eigenvalue weighted by atomic mass is 9.88. The third kappa shape index (κ3) is 5.35. The SMILES string of the molecule is CS(=O)(=O)c1cc(Cl)ccc1CN1C(=O)c2cc(C(O)C3CCOCC3)cc(F)c2C1OCC1(CO)CC1. The molecule has 1 aliphatic carbocycles. The van der Waals surface area contributed by atoms with Crippen molar-refractivity contribution in [2.45, 2.75) is 49.5 Å². The molecule has 0 radical (unpaired) electrons. The summed E-state index contributed by atoms with van der Waals surface area (Å²) in [4.78, 5) is 15.0. The Morgan fingerprint density at radius 2 is 1.95 bits per heavy atom. The summed E-state index contributed by atoms with van der Waals surface area (Å²) in [5.74, 6) is -1.34. The van der Waals surface area contributed by atoms with Gasteiger partial charge in [0.2, 0.25) is 0 Å². The van der Waals surface area contributed by atoms with Crippen molar-refractivity contribution < 1.29 is 37.3 Å². The largest absolute Gasteiger partial charge is 0.396 e. The normalized spacial score (nSPS) is 22.0. The van der Waals surface area contributed by atoms with Gasteiger partial charge < -0.3 is 24.6 Å². The van der Waals surface area contributed by atoms with Gasteiger partial charge in [-0.05, 0) is 67.0 Å². The lowest BCUT2D eigenvalue weighted by Gasteiger charge is -2.28. The highest BCUT2D eigenvalue weighted by atomic mass is 35.5. The highest BCUT2D eigenvalue weighted by Crippen LogP contribution is 2.48. The maximum absolute atomic E-state index is 15.7. The minimum Gasteiger partial charge on any atom is -0.396 e. The lowest BCUT2D eigenvalue weighted by molar-refractivity contribution is -0.0675. The summed E-state index contributed by atoms with van der Waals surface area (Å²) in [5, 5.41) is 21.0. The van der Waals surface area contributed by atoms with E-state index >= 15 is 4.39 Å². The van der Waals surface area contributed by atoms with Crippen molar-refractivity contribution in [1.82, 2.24) is 4.90 Å². The Labute approximate surface area is 226 Å². The number of carbonyl (C=O) groups excluding carboxylic acids is 1. The molecule has 5 rings (SSSR count). The highest BCUT2D eigenvalue weighted by Gasteiger charge is 2.46. The summed E-state index contributed by atoms with van der Waals surface area (Å²) in [6.07, 6.45) is 1.73. The molecule has 0 bridgehead atoms. The topological polar surface area (TPSA) is 113 Å². The number of carbonyl (C=O) groups is 1. The molecule has 8 nitrogen and oxygen atoms in total. The van der Waals surface area contributed by atoms with Crippen molar-refractivity contribution in [2.75, 3.05) is 32.7 Å². The Bertz CT molecular complexity index is 1340. The third-order valence-electron chi connectivity index (χ3n) is 7.84. The molecule has 11 heteroatoms. The number of aliphatic hydroxyl groups is 2. The zero-order chi connectivity index (χ0) is 27.2. The van der Waals surface area contributed by atoms with Gasteiger partial charge in [0.1, 0.15) is 5.82 Å². The lowest BCUT2D eigenvalue weighted by Crippen LogP contribution is -2.31. The second-order valence-corrected chi connectivity index (χ2v) is 13.1. The van der Waals surface area contributed by atoms with Gasteiger partial charge in [-0.2, -0.15) is 0 Å². The van der Waals surface area contributed by atoms with Gasteiger partial charge in [-0.3, -0.25) is 4.79 Å². The summed E-state index contributed by atoms with van der Waals surface area (Å²) < 4.78 is 52.1. The van der Waals surface area contributed by atoms with Crippen LogP contribution in [0.3, 0.4) is 0 Å². The van der Waals surface area contributed by atoms with E-state index in [9.17, 15) is 23.4 Å². The van der Waals surface area contributed by atoms with Crippen LogP contribution in [0.1, 0.15) is 65.1 Å². The zero-order valence-electron chi connectivity index (χ0n) is 21.0. The van der Waals surface area contributed by atoms with Crippen molar-refractivity contribution in [3.05, 3.63) is 63.4 Å². The molecule has 206 valence electrons. The average molecular weight is 568 g/mol. The fourth-order valence-electron chi connectivity index (χ4n) is 5.25. The molecule has 2 heterocycles. The van der Waals surface area contributed by atoms with Crippen LogP contribution in [0, 0.1) is 17.2 Å². The predicted octanol–water partition coefficient (Wildman–Crippen LogP) is 3.79. The first-order valence-electron chi connectivity index (χ1n) is 12.6. The van der Waals surface area contributed by atoms with Crippen LogP contribution in [0.2, 0.25) is 5.02 Å². The minimum absolute atomic E-state index is 0.0300. The summed E-state index contributed by atoms with van der Waals surface area (Å²) in [6, 6.07) is 7.14. The molecule has 0 aromatic heterocycles. The van der Waals surface area contributed by atoms with Crippen molar-refractivity contribution in [3.8, 4) is 0 Å². The molecule has 2 aliphatic heterocycles. The predicted molar refractivity (Wildman–Crippen MR) is 137 cm³/mol. The van der Waals surface area contributed by atoms with E-state index in [0.717, 1.165) is 19.1 Å². The maximum Gasteiger partial charge on any atom is 0.257 e. The van der Waals surface area contributed by atoms with Gasteiger partial charge in [0.15, 0.2) is 16.1 Å². The van der Waals surface area contributed by atoms with E-state index in [1.54, 1.807) is 0 Å². The second kappa shape index (κ2) is 10.5. The third-order valence-corrected chi connectivity index (χ3v) is 9.25. The van der Waals surface area contributed by atoms with Gasteiger partial charge in [-0.15, -0.1) is 0 Å². The van der Waals surface area contributed by atoms with Crippen LogP contribution >= 0.6 is 11.6 Å². The molecule has 2 aromatic carbocycles. The van der Waals surface area contributed by atoms with Crippen LogP contribution in [0.15, 0.2) is 35.2 Å². The number of hydrogen-bond acceptors (Lipinski definition) is 7. The molecule has 2 aromatic rings. The zero-order valence-corrected chi connectivity index (χ0v) is 22.6. The fourth-order valence-corrected chi connectivity index (χ4v) is 6.44. The minimum atomic E-state index is -3.68. The molecule has 2 atom stereocenters. The number of aliphatic hydroxyl groups excluding tert-OH is 2. The molecule has 0 spiro atoms. The van der Waals surface area contributed by atoms with Crippen molar-refractivity contribution in [2.24, 2.45) is 11.3 Å². The van der Waals surface area contributed by atoms with E-state index in [-0.39, 0.29) is 46.7 Å². The van der Waals surface area contributed by atoms with Crippen molar-refractivity contribution in [3.63, 3.8) is 0 Å². The van der Waals surface area contributed by atoms with Crippen LogP contribution in [0.25, 0.3) is 0 Å². The molecule has 2 unspecified atom stereocenters. The standard InChI is InChI=1S/C27H31ClFNO7S/c1-38(34,35)22-12-19(28)3-2-17(22)13-30-25(33)20-10-18(24(32)16-4-8-36-9-5-16)11-21(29)23(20)26(30)37-15-27(14-31)6-7-27/h2-3,10-12,16,24,26,31-32H,4-9,13-15H2,1H3. The smallest absolute Gasteiger partial charge is 0.257 e. The van der Waals surface area contributed by atoms with Crippen molar-refractivity contribution in [1.29, 1.82) is 0 Å². The number of rotatable bonds is 9. The van der Waals surface area contributed by atoms with Crippen LogP contribution in [-0.2, 0) is 25.9 Å². The summed E-state index contributed by atoms with van der Waals surface area (Å²) >= 11 is 6.05. The maximum atomic E-state index is 15.7. The molecular formula is C27H31ClFNO7S. The number of benzene rings is 2. The number of ether oxygens (including phenoxy) is 2. The fraction of sp³-hybridized carbons (Fsp3) is 0.519. The molecule has 1 saturated heterocycles. The van der Waals surface area contributed by atoms with E-state index in [0.29, 0.717) is 37.2 Å². The Hall–Kier alpha value is -2.08. The van der Waals surface area contributed by atoms with Crippen LogP contribution < -0.4 is 0 Å². The van der Waals surface area contributed by atoms with Gasteiger partial charge in [0.25, 0.3) is 5.91 Å². The average Bonchev–Trinajstić information content (AvgIpc) is 3.63. The Kier molecular flexibility index (Phi) is 7.58. The van der Waals surface area contributed by atoms with Crippen LogP contribution in [-0.4, -0.2) is 62.1 Å². The molecular weight excluding hydrogens is 537 g/mol. The molecule has 1 amide bonds. The first kappa shape index (κ1) is 27.5.